The van der Waals surface area contributed by atoms with E-state index >= 15 is 0 Å². The Balaban J connectivity index is 2.25. The van der Waals surface area contributed by atoms with Gasteiger partial charge in [-0.1, -0.05) is 29.3 Å². The van der Waals surface area contributed by atoms with Crippen molar-refractivity contribution in [3.05, 3.63) is 40.5 Å². The molecule has 2 rings (SSSR count). The summed E-state index contributed by atoms with van der Waals surface area (Å²) in [6, 6.07) is 7.34. The van der Waals surface area contributed by atoms with E-state index in [1.807, 2.05) is 19.1 Å². The van der Waals surface area contributed by atoms with E-state index in [0.29, 0.717) is 21.8 Å². The average Bonchev–Trinajstić information content (AvgIpc) is 2.34. The van der Waals surface area contributed by atoms with Gasteiger partial charge in [-0.25, -0.2) is 4.98 Å². The third-order valence-electron chi connectivity index (χ3n) is 2.17. The van der Waals surface area contributed by atoms with Gasteiger partial charge in [-0.2, -0.15) is 4.98 Å². The van der Waals surface area contributed by atoms with E-state index in [9.17, 15) is 0 Å². The number of halogens is 2. The van der Waals surface area contributed by atoms with Crippen LogP contribution in [0, 0.1) is 0 Å². The lowest BCUT2D eigenvalue weighted by molar-refractivity contribution is 1.09. The maximum atomic E-state index is 6.04. The highest BCUT2D eigenvalue weighted by Crippen LogP contribution is 2.25. The zero-order valence-electron chi connectivity index (χ0n) is 9.74. The standard InChI is InChI=1S/C12H12Cl2N4/c1-2-15-12-16-7-10(14)11(18-12)17-9-5-3-4-8(13)6-9/h3-7H,2H2,1H3,(H2,15,16,17,18). The van der Waals surface area contributed by atoms with Gasteiger partial charge in [0.25, 0.3) is 0 Å². The van der Waals surface area contributed by atoms with Crippen molar-refractivity contribution < 1.29 is 0 Å². The summed E-state index contributed by atoms with van der Waals surface area (Å²) in [5, 5.41) is 7.23. The van der Waals surface area contributed by atoms with Crippen molar-refractivity contribution in [2.45, 2.75) is 6.92 Å². The fourth-order valence-electron chi connectivity index (χ4n) is 1.40. The highest BCUT2D eigenvalue weighted by molar-refractivity contribution is 6.33. The number of anilines is 3. The molecule has 0 fully saturated rings. The summed E-state index contributed by atoms with van der Waals surface area (Å²) in [6.45, 7) is 2.72. The molecule has 0 aliphatic carbocycles. The van der Waals surface area contributed by atoms with Crippen LogP contribution in [0.5, 0.6) is 0 Å². The van der Waals surface area contributed by atoms with Gasteiger partial charge in [0.2, 0.25) is 5.95 Å². The third kappa shape index (κ3) is 3.24. The molecule has 0 atom stereocenters. The van der Waals surface area contributed by atoms with Crippen molar-refractivity contribution in [3.8, 4) is 0 Å². The number of hydrogen-bond acceptors (Lipinski definition) is 4. The molecular weight excluding hydrogens is 271 g/mol. The molecule has 4 nitrogen and oxygen atoms in total. The van der Waals surface area contributed by atoms with E-state index in [4.69, 9.17) is 23.2 Å². The molecule has 0 bridgehead atoms. The second-order valence-electron chi connectivity index (χ2n) is 3.56. The fourth-order valence-corrected chi connectivity index (χ4v) is 1.73. The predicted molar refractivity (Wildman–Crippen MR) is 75.9 cm³/mol. The average molecular weight is 283 g/mol. The Hall–Kier alpha value is -1.52. The Bertz CT molecular complexity index is 545. The molecule has 1 heterocycles. The van der Waals surface area contributed by atoms with E-state index < -0.39 is 0 Å². The Morgan fingerprint density at radius 1 is 1.28 bits per heavy atom. The summed E-state index contributed by atoms with van der Waals surface area (Å²) in [7, 11) is 0. The van der Waals surface area contributed by atoms with Crippen LogP contribution in [0.3, 0.4) is 0 Å². The highest BCUT2D eigenvalue weighted by atomic mass is 35.5. The zero-order valence-corrected chi connectivity index (χ0v) is 11.3. The van der Waals surface area contributed by atoms with E-state index in [1.165, 1.54) is 0 Å². The first kappa shape index (κ1) is 12.9. The molecule has 1 aromatic carbocycles. The number of rotatable bonds is 4. The molecule has 6 heteroatoms. The number of nitrogens with one attached hydrogen (secondary N) is 2. The molecule has 0 aliphatic rings. The molecule has 2 N–H and O–H groups in total. The summed E-state index contributed by atoms with van der Waals surface area (Å²) >= 11 is 12.0. The molecule has 2 aromatic rings. The van der Waals surface area contributed by atoms with Crippen molar-refractivity contribution >= 4 is 40.7 Å². The monoisotopic (exact) mass is 282 g/mol. The Morgan fingerprint density at radius 2 is 2.11 bits per heavy atom. The van der Waals surface area contributed by atoms with E-state index in [1.54, 1.807) is 18.3 Å². The van der Waals surface area contributed by atoms with Crippen LogP contribution in [0.15, 0.2) is 30.5 Å². The van der Waals surface area contributed by atoms with Crippen LogP contribution < -0.4 is 10.6 Å². The van der Waals surface area contributed by atoms with Crippen LogP contribution in [0.4, 0.5) is 17.5 Å². The first-order chi connectivity index (χ1) is 8.69. The molecule has 0 amide bonds. The van der Waals surface area contributed by atoms with Crippen molar-refractivity contribution in [2.75, 3.05) is 17.2 Å². The number of benzene rings is 1. The normalized spacial score (nSPS) is 10.2. The van der Waals surface area contributed by atoms with Crippen LogP contribution in [-0.4, -0.2) is 16.5 Å². The van der Waals surface area contributed by atoms with Crippen molar-refractivity contribution in [1.82, 2.24) is 9.97 Å². The Morgan fingerprint density at radius 3 is 2.83 bits per heavy atom. The van der Waals surface area contributed by atoms with Crippen molar-refractivity contribution in [2.24, 2.45) is 0 Å². The minimum absolute atomic E-state index is 0.455. The van der Waals surface area contributed by atoms with Crippen molar-refractivity contribution in [3.63, 3.8) is 0 Å². The predicted octanol–water partition coefficient (Wildman–Crippen LogP) is 3.96. The van der Waals surface area contributed by atoms with Crippen LogP contribution >= 0.6 is 23.2 Å². The number of aromatic nitrogens is 2. The summed E-state index contributed by atoms with van der Waals surface area (Å²) in [5.41, 5.74) is 0.825. The maximum Gasteiger partial charge on any atom is 0.224 e. The van der Waals surface area contributed by atoms with E-state index in [0.717, 1.165) is 12.2 Å². The zero-order chi connectivity index (χ0) is 13.0. The van der Waals surface area contributed by atoms with Crippen LogP contribution in [-0.2, 0) is 0 Å². The summed E-state index contributed by atoms with van der Waals surface area (Å²) in [4.78, 5) is 8.35. The summed E-state index contributed by atoms with van der Waals surface area (Å²) < 4.78 is 0. The molecule has 0 aliphatic heterocycles. The third-order valence-corrected chi connectivity index (χ3v) is 2.68. The molecule has 0 radical (unpaired) electrons. The highest BCUT2D eigenvalue weighted by Gasteiger charge is 2.05. The minimum Gasteiger partial charge on any atom is -0.354 e. The molecule has 0 saturated carbocycles. The lowest BCUT2D eigenvalue weighted by Crippen LogP contribution is -2.04. The van der Waals surface area contributed by atoms with Crippen molar-refractivity contribution in [1.29, 1.82) is 0 Å². The second-order valence-corrected chi connectivity index (χ2v) is 4.40. The lowest BCUT2D eigenvalue weighted by Gasteiger charge is -2.09. The van der Waals surface area contributed by atoms with Crippen LogP contribution in [0.1, 0.15) is 6.92 Å². The van der Waals surface area contributed by atoms with Gasteiger partial charge in [0, 0.05) is 17.3 Å². The van der Waals surface area contributed by atoms with Gasteiger partial charge in [-0.05, 0) is 25.1 Å². The molecule has 1 aromatic heterocycles. The van der Waals surface area contributed by atoms with E-state index in [-0.39, 0.29) is 0 Å². The quantitative estimate of drug-likeness (QED) is 0.891. The minimum atomic E-state index is 0.455. The van der Waals surface area contributed by atoms with Crippen LogP contribution in [0.2, 0.25) is 10.0 Å². The first-order valence-electron chi connectivity index (χ1n) is 5.48. The van der Waals surface area contributed by atoms with Crippen LogP contribution in [0.25, 0.3) is 0 Å². The van der Waals surface area contributed by atoms with Gasteiger partial charge in [-0.3, -0.25) is 0 Å². The Labute approximate surface area is 115 Å². The largest absolute Gasteiger partial charge is 0.354 e. The number of hydrogen-bond donors (Lipinski definition) is 2. The topological polar surface area (TPSA) is 49.8 Å². The Kier molecular flexibility index (Phi) is 4.23. The summed E-state index contributed by atoms with van der Waals surface area (Å²) in [5.74, 6) is 1.08. The molecule has 94 valence electrons. The lowest BCUT2D eigenvalue weighted by atomic mass is 10.3. The molecule has 18 heavy (non-hydrogen) atoms. The smallest absolute Gasteiger partial charge is 0.224 e. The second kappa shape index (κ2) is 5.89. The first-order valence-corrected chi connectivity index (χ1v) is 6.23. The molecule has 0 unspecified atom stereocenters. The maximum absolute atomic E-state index is 6.04. The van der Waals surface area contributed by atoms with Gasteiger partial charge in [0.15, 0.2) is 5.82 Å². The van der Waals surface area contributed by atoms with Gasteiger partial charge >= 0.3 is 0 Å². The van der Waals surface area contributed by atoms with Gasteiger partial charge < -0.3 is 10.6 Å². The van der Waals surface area contributed by atoms with Gasteiger partial charge in [-0.15, -0.1) is 0 Å². The molecular formula is C12H12Cl2N4. The summed E-state index contributed by atoms with van der Waals surface area (Å²) in [6.07, 6.45) is 1.55. The molecule has 0 saturated heterocycles. The van der Waals surface area contributed by atoms with E-state index in [2.05, 4.69) is 20.6 Å². The van der Waals surface area contributed by atoms with Gasteiger partial charge in [0.1, 0.15) is 5.02 Å². The fraction of sp³-hybridized carbons (Fsp3) is 0.167. The molecule has 0 spiro atoms. The number of nitrogens with zero attached hydrogens (tertiary/aromatic N) is 2. The SMILES string of the molecule is CCNc1ncc(Cl)c(Nc2cccc(Cl)c2)n1. The van der Waals surface area contributed by atoms with Gasteiger partial charge in [0.05, 0.1) is 6.20 Å².